The zero-order chi connectivity index (χ0) is 33.1. The third kappa shape index (κ3) is 22.8. The van der Waals surface area contributed by atoms with Crippen LogP contribution >= 0.6 is 0 Å². The SMILES string of the molecule is C=C(C)C(=O)OCCCOC(=O)CC[N+](CCC)(CCCCCCCCCCCC)CCC(=O)OCCCOC(=O)C(=C)C. The van der Waals surface area contributed by atoms with Crippen LogP contribution in [0.3, 0.4) is 0 Å². The lowest BCUT2D eigenvalue weighted by Gasteiger charge is -2.38. The van der Waals surface area contributed by atoms with Crippen molar-refractivity contribution < 1.29 is 42.6 Å². The van der Waals surface area contributed by atoms with Gasteiger partial charge in [-0.2, -0.15) is 0 Å². The maximum Gasteiger partial charge on any atom is 0.333 e. The fourth-order valence-corrected chi connectivity index (χ4v) is 4.95. The predicted octanol–water partition coefficient (Wildman–Crippen LogP) is 7.02. The second-order valence-electron chi connectivity index (χ2n) is 11.9. The smallest absolute Gasteiger partial charge is 0.333 e. The van der Waals surface area contributed by atoms with Gasteiger partial charge in [0.15, 0.2) is 0 Å². The van der Waals surface area contributed by atoms with Crippen molar-refractivity contribution in [3.05, 3.63) is 24.3 Å². The Morgan fingerprint density at radius 1 is 0.477 bits per heavy atom. The first-order valence-corrected chi connectivity index (χ1v) is 16.9. The molecule has 254 valence electrons. The van der Waals surface area contributed by atoms with Gasteiger partial charge in [-0.05, 0) is 33.1 Å². The fourth-order valence-electron chi connectivity index (χ4n) is 4.95. The number of esters is 4. The molecule has 0 aromatic heterocycles. The molecule has 0 aliphatic rings. The Kier molecular flexibility index (Phi) is 25.1. The number of carbonyl (C=O) groups excluding carboxylic acids is 4. The zero-order valence-corrected chi connectivity index (χ0v) is 28.4. The number of carbonyl (C=O) groups is 4. The predicted molar refractivity (Wildman–Crippen MR) is 174 cm³/mol. The van der Waals surface area contributed by atoms with Gasteiger partial charge in [0.05, 0.1) is 65.4 Å². The maximum atomic E-state index is 12.6. The van der Waals surface area contributed by atoms with E-state index < -0.39 is 11.9 Å². The molecular formula is C35H62NO8+. The molecule has 0 aromatic carbocycles. The first-order chi connectivity index (χ1) is 21.1. The summed E-state index contributed by atoms with van der Waals surface area (Å²) in [6.45, 7) is 18.3. The lowest BCUT2D eigenvalue weighted by Crippen LogP contribution is -2.51. The standard InChI is InChI=1S/C35H62NO8/c1-7-9-10-11-12-13-14-15-16-17-23-36(22-8-2,24-20-32(37)41-26-18-28-43-34(39)30(3)4)25-21-33(38)42-27-19-29-44-35(40)31(5)6/h3,5,7-29H2,1-2,4,6H3/q+1. The Morgan fingerprint density at radius 3 is 1.25 bits per heavy atom. The fraction of sp³-hybridized carbons (Fsp3) is 0.771. The van der Waals surface area contributed by atoms with Crippen LogP contribution in [0.4, 0.5) is 0 Å². The average molecular weight is 625 g/mol. The number of hydrogen-bond acceptors (Lipinski definition) is 8. The third-order valence-electron chi connectivity index (χ3n) is 7.53. The van der Waals surface area contributed by atoms with Gasteiger partial charge in [0.25, 0.3) is 0 Å². The van der Waals surface area contributed by atoms with Crippen LogP contribution in [0.2, 0.25) is 0 Å². The molecule has 0 spiro atoms. The molecule has 0 aliphatic heterocycles. The Morgan fingerprint density at radius 2 is 0.864 bits per heavy atom. The Labute approximate surface area is 267 Å². The number of rotatable bonds is 29. The molecule has 0 aromatic rings. The summed E-state index contributed by atoms with van der Waals surface area (Å²) in [5.74, 6) is -1.47. The number of unbranched alkanes of at least 4 members (excludes halogenated alkanes) is 9. The summed E-state index contributed by atoms with van der Waals surface area (Å²) in [4.78, 5) is 48.1. The molecule has 0 rings (SSSR count). The van der Waals surface area contributed by atoms with Crippen molar-refractivity contribution in [2.75, 3.05) is 52.6 Å². The molecule has 0 radical (unpaired) electrons. The van der Waals surface area contributed by atoms with Crippen molar-refractivity contribution in [3.8, 4) is 0 Å². The van der Waals surface area contributed by atoms with E-state index in [9.17, 15) is 19.2 Å². The molecule has 0 aliphatic carbocycles. The van der Waals surface area contributed by atoms with Gasteiger partial charge in [0, 0.05) is 24.0 Å². The van der Waals surface area contributed by atoms with Crippen molar-refractivity contribution in [3.63, 3.8) is 0 Å². The van der Waals surface area contributed by atoms with Crippen molar-refractivity contribution >= 4 is 23.9 Å². The van der Waals surface area contributed by atoms with E-state index in [0.717, 1.165) is 32.4 Å². The summed E-state index contributed by atoms with van der Waals surface area (Å²) in [7, 11) is 0. The normalized spacial score (nSPS) is 11.1. The third-order valence-corrected chi connectivity index (χ3v) is 7.53. The lowest BCUT2D eigenvalue weighted by atomic mass is 10.1. The summed E-state index contributed by atoms with van der Waals surface area (Å²) in [5, 5.41) is 0. The van der Waals surface area contributed by atoms with Crippen molar-refractivity contribution in [2.45, 2.75) is 124 Å². The minimum Gasteiger partial charge on any atom is -0.465 e. The zero-order valence-electron chi connectivity index (χ0n) is 28.4. The van der Waals surface area contributed by atoms with Gasteiger partial charge in [0.2, 0.25) is 0 Å². The number of quaternary nitrogens is 1. The second kappa shape index (κ2) is 26.7. The molecule has 0 amide bonds. The van der Waals surface area contributed by atoms with E-state index in [2.05, 4.69) is 27.0 Å². The van der Waals surface area contributed by atoms with Crippen molar-refractivity contribution in [2.24, 2.45) is 0 Å². The molecule has 0 fully saturated rings. The second-order valence-corrected chi connectivity index (χ2v) is 11.9. The van der Waals surface area contributed by atoms with Crippen LogP contribution < -0.4 is 0 Å². The summed E-state index contributed by atoms with van der Waals surface area (Å²) in [6.07, 6.45) is 14.8. The molecule has 0 N–H and O–H groups in total. The van der Waals surface area contributed by atoms with Crippen LogP contribution in [0, 0.1) is 0 Å². The topological polar surface area (TPSA) is 105 Å². The van der Waals surface area contributed by atoms with Crippen LogP contribution in [0.15, 0.2) is 24.3 Å². The minimum atomic E-state index is -0.449. The van der Waals surface area contributed by atoms with Crippen LogP contribution in [-0.4, -0.2) is 81.0 Å². The van der Waals surface area contributed by atoms with E-state index >= 15 is 0 Å². The molecular weight excluding hydrogens is 562 g/mol. The van der Waals surface area contributed by atoms with Gasteiger partial charge >= 0.3 is 23.9 Å². The lowest BCUT2D eigenvalue weighted by molar-refractivity contribution is -0.927. The average Bonchev–Trinajstić information content (AvgIpc) is 2.99. The molecule has 9 heteroatoms. The van der Waals surface area contributed by atoms with Crippen LogP contribution in [0.1, 0.15) is 124 Å². The van der Waals surface area contributed by atoms with Gasteiger partial charge in [-0.1, -0.05) is 78.4 Å². The highest BCUT2D eigenvalue weighted by molar-refractivity contribution is 5.87. The molecule has 0 bridgehead atoms. The Balaban J connectivity index is 4.83. The Bertz CT molecular complexity index is 802. The number of nitrogens with zero attached hydrogens (tertiary/aromatic N) is 1. The molecule has 0 atom stereocenters. The first-order valence-electron chi connectivity index (χ1n) is 16.9. The van der Waals surface area contributed by atoms with E-state index in [4.69, 9.17) is 18.9 Å². The molecule has 0 heterocycles. The highest BCUT2D eigenvalue weighted by atomic mass is 16.6. The monoisotopic (exact) mass is 624 g/mol. The highest BCUT2D eigenvalue weighted by Gasteiger charge is 2.28. The summed E-state index contributed by atoms with van der Waals surface area (Å²) < 4.78 is 21.6. The van der Waals surface area contributed by atoms with Crippen molar-refractivity contribution in [1.29, 1.82) is 0 Å². The summed E-state index contributed by atoms with van der Waals surface area (Å²) >= 11 is 0. The minimum absolute atomic E-state index is 0.173. The molecule has 0 saturated heterocycles. The van der Waals surface area contributed by atoms with Gasteiger partial charge < -0.3 is 23.4 Å². The van der Waals surface area contributed by atoms with E-state index in [1.165, 1.54) is 51.4 Å². The van der Waals surface area contributed by atoms with Crippen molar-refractivity contribution in [1.82, 2.24) is 0 Å². The Hall–Kier alpha value is -2.68. The van der Waals surface area contributed by atoms with Gasteiger partial charge in [-0.25, -0.2) is 9.59 Å². The largest absolute Gasteiger partial charge is 0.465 e. The molecule has 0 unspecified atom stereocenters. The highest BCUT2D eigenvalue weighted by Crippen LogP contribution is 2.17. The first kappa shape index (κ1) is 41.3. The van der Waals surface area contributed by atoms with E-state index in [0.29, 0.717) is 41.6 Å². The maximum absolute atomic E-state index is 12.6. The summed E-state index contributed by atoms with van der Waals surface area (Å²) in [6, 6.07) is 0. The number of hydrogen-bond donors (Lipinski definition) is 0. The van der Waals surface area contributed by atoms with Crippen LogP contribution in [-0.2, 0) is 38.1 Å². The molecule has 9 nitrogen and oxygen atoms in total. The van der Waals surface area contributed by atoms with Gasteiger partial charge in [-0.3, -0.25) is 9.59 Å². The van der Waals surface area contributed by atoms with E-state index in [-0.39, 0.29) is 51.2 Å². The van der Waals surface area contributed by atoms with Gasteiger partial charge in [0.1, 0.15) is 0 Å². The van der Waals surface area contributed by atoms with Crippen LogP contribution in [0.25, 0.3) is 0 Å². The van der Waals surface area contributed by atoms with Gasteiger partial charge in [-0.15, -0.1) is 0 Å². The van der Waals surface area contributed by atoms with E-state index in [1.54, 1.807) is 13.8 Å². The summed E-state index contributed by atoms with van der Waals surface area (Å²) in [5.41, 5.74) is 0.671. The molecule has 0 saturated carbocycles. The van der Waals surface area contributed by atoms with Crippen LogP contribution in [0.5, 0.6) is 0 Å². The quantitative estimate of drug-likeness (QED) is 0.0288. The number of ether oxygens (including phenoxy) is 4. The molecule has 44 heavy (non-hydrogen) atoms. The van der Waals surface area contributed by atoms with E-state index in [1.807, 2.05) is 0 Å².